The van der Waals surface area contributed by atoms with Gasteiger partial charge in [0.15, 0.2) is 0 Å². The lowest BCUT2D eigenvalue weighted by atomic mass is 10.3. The summed E-state index contributed by atoms with van der Waals surface area (Å²) in [6.45, 7) is 5.64. The molecule has 78 valence electrons. The number of aromatic amines is 1. The molecule has 0 saturated heterocycles. The van der Waals surface area contributed by atoms with Gasteiger partial charge in [-0.05, 0) is 13.0 Å². The average molecular weight is 195 g/mol. The third kappa shape index (κ3) is 3.30. The van der Waals surface area contributed by atoms with Crippen LogP contribution in [0.5, 0.6) is 0 Å². The molecule has 1 rings (SSSR count). The topological polar surface area (TPSA) is 57.8 Å². The summed E-state index contributed by atoms with van der Waals surface area (Å²) in [5.74, 6) is 0.785. The minimum atomic E-state index is -0.0589. The molecule has 4 nitrogen and oxygen atoms in total. The van der Waals surface area contributed by atoms with Gasteiger partial charge in [-0.3, -0.25) is 4.79 Å². The molecule has 0 radical (unpaired) electrons. The summed E-state index contributed by atoms with van der Waals surface area (Å²) in [4.78, 5) is 18.3. The van der Waals surface area contributed by atoms with Gasteiger partial charge in [-0.2, -0.15) is 0 Å². The Bertz CT molecular complexity index is 332. The first-order chi connectivity index (χ1) is 6.76. The number of hydrogen-bond acceptors (Lipinski definition) is 3. The van der Waals surface area contributed by atoms with Crippen molar-refractivity contribution in [1.82, 2.24) is 15.3 Å². The number of hydrogen-bond donors (Lipinski definition) is 2. The first-order valence-electron chi connectivity index (χ1n) is 5.06. The van der Waals surface area contributed by atoms with Gasteiger partial charge >= 0.3 is 0 Å². The van der Waals surface area contributed by atoms with Crippen LogP contribution >= 0.6 is 0 Å². The molecule has 0 aromatic carbocycles. The first-order valence-corrected chi connectivity index (χ1v) is 5.06. The Labute approximate surface area is 83.8 Å². The number of rotatable bonds is 5. The summed E-state index contributed by atoms with van der Waals surface area (Å²) < 4.78 is 0. The summed E-state index contributed by atoms with van der Waals surface area (Å²) in [5.41, 5.74) is 0.760. The predicted molar refractivity (Wildman–Crippen MR) is 56.2 cm³/mol. The van der Waals surface area contributed by atoms with Gasteiger partial charge in [0.25, 0.3) is 5.56 Å². The van der Waals surface area contributed by atoms with Crippen molar-refractivity contribution in [2.75, 3.05) is 6.54 Å². The average Bonchev–Trinajstić information content (AvgIpc) is 2.14. The number of aryl methyl sites for hydroxylation is 1. The van der Waals surface area contributed by atoms with Crippen LogP contribution in [0.4, 0.5) is 0 Å². The van der Waals surface area contributed by atoms with Crippen LogP contribution in [0.2, 0.25) is 0 Å². The van der Waals surface area contributed by atoms with Gasteiger partial charge in [0.05, 0.1) is 5.69 Å². The minimum Gasteiger partial charge on any atom is -0.311 e. The van der Waals surface area contributed by atoms with E-state index in [1.165, 1.54) is 0 Å². The van der Waals surface area contributed by atoms with Crippen molar-refractivity contribution in [2.45, 2.75) is 33.2 Å². The van der Waals surface area contributed by atoms with E-state index in [4.69, 9.17) is 0 Å². The van der Waals surface area contributed by atoms with Crippen molar-refractivity contribution < 1.29 is 0 Å². The molecule has 14 heavy (non-hydrogen) atoms. The largest absolute Gasteiger partial charge is 0.311 e. The maximum Gasteiger partial charge on any atom is 0.251 e. The fraction of sp³-hybridized carbons (Fsp3) is 0.600. The van der Waals surface area contributed by atoms with Crippen LogP contribution in [0.25, 0.3) is 0 Å². The van der Waals surface area contributed by atoms with E-state index >= 15 is 0 Å². The summed E-state index contributed by atoms with van der Waals surface area (Å²) in [6, 6.07) is 1.54. The smallest absolute Gasteiger partial charge is 0.251 e. The predicted octanol–water partition coefficient (Wildman–Crippen LogP) is 0.832. The van der Waals surface area contributed by atoms with Gasteiger partial charge in [-0.15, -0.1) is 0 Å². The third-order valence-corrected chi connectivity index (χ3v) is 1.89. The van der Waals surface area contributed by atoms with Crippen LogP contribution in [0, 0.1) is 0 Å². The van der Waals surface area contributed by atoms with Gasteiger partial charge < -0.3 is 10.3 Å². The standard InChI is InChI=1S/C10H17N3O/c1-3-5-9-12-8(7-11-4-2)6-10(14)13-9/h6,11H,3-5,7H2,1-2H3,(H,12,13,14). The highest BCUT2D eigenvalue weighted by Crippen LogP contribution is 1.95. The molecule has 0 fully saturated rings. The van der Waals surface area contributed by atoms with Gasteiger partial charge in [0.1, 0.15) is 5.82 Å². The zero-order chi connectivity index (χ0) is 10.4. The molecule has 1 heterocycles. The van der Waals surface area contributed by atoms with Crippen LogP contribution in [0.15, 0.2) is 10.9 Å². The Morgan fingerprint density at radius 2 is 2.29 bits per heavy atom. The highest BCUT2D eigenvalue weighted by Gasteiger charge is 1.99. The Morgan fingerprint density at radius 1 is 1.50 bits per heavy atom. The second-order valence-corrected chi connectivity index (χ2v) is 3.21. The molecule has 0 unspecified atom stereocenters. The molecule has 0 bridgehead atoms. The molecule has 4 heteroatoms. The number of nitrogens with one attached hydrogen (secondary N) is 2. The van der Waals surface area contributed by atoms with Gasteiger partial charge in [-0.1, -0.05) is 13.8 Å². The Hall–Kier alpha value is -1.16. The number of aromatic nitrogens is 2. The molecule has 0 aliphatic carbocycles. The van der Waals surface area contributed by atoms with Gasteiger partial charge in [-0.25, -0.2) is 4.98 Å². The summed E-state index contributed by atoms with van der Waals surface area (Å²) in [5, 5.41) is 3.15. The normalized spacial score (nSPS) is 10.4. The molecule has 0 spiro atoms. The monoisotopic (exact) mass is 195 g/mol. The zero-order valence-corrected chi connectivity index (χ0v) is 8.76. The fourth-order valence-electron chi connectivity index (χ4n) is 1.26. The van der Waals surface area contributed by atoms with Crippen LogP contribution in [-0.2, 0) is 13.0 Å². The van der Waals surface area contributed by atoms with Crippen LogP contribution < -0.4 is 10.9 Å². The summed E-state index contributed by atoms with van der Waals surface area (Å²) in [6.07, 6.45) is 1.82. The number of H-pyrrole nitrogens is 1. The summed E-state index contributed by atoms with van der Waals surface area (Å²) >= 11 is 0. The van der Waals surface area contributed by atoms with Gasteiger partial charge in [0.2, 0.25) is 0 Å². The van der Waals surface area contributed by atoms with Gasteiger partial charge in [0, 0.05) is 19.0 Å². The molecular formula is C10H17N3O. The van der Waals surface area contributed by atoms with Crippen molar-refractivity contribution in [3.63, 3.8) is 0 Å². The second-order valence-electron chi connectivity index (χ2n) is 3.21. The molecule has 0 aliphatic rings. The Balaban J connectivity index is 2.78. The molecular weight excluding hydrogens is 178 g/mol. The summed E-state index contributed by atoms with van der Waals surface area (Å²) in [7, 11) is 0. The van der Waals surface area contributed by atoms with Crippen LogP contribution in [-0.4, -0.2) is 16.5 Å². The van der Waals surface area contributed by atoms with E-state index in [9.17, 15) is 4.79 Å². The van der Waals surface area contributed by atoms with Crippen molar-refractivity contribution in [3.8, 4) is 0 Å². The molecule has 2 N–H and O–H groups in total. The van der Waals surface area contributed by atoms with E-state index in [-0.39, 0.29) is 5.56 Å². The molecule has 0 saturated carbocycles. The van der Waals surface area contributed by atoms with E-state index in [1.807, 2.05) is 6.92 Å². The Kier molecular flexibility index (Phi) is 4.32. The zero-order valence-electron chi connectivity index (χ0n) is 8.76. The quantitative estimate of drug-likeness (QED) is 0.731. The van der Waals surface area contributed by atoms with Crippen molar-refractivity contribution >= 4 is 0 Å². The SMILES string of the molecule is CCCc1nc(CNCC)cc(=O)[nH]1. The lowest BCUT2D eigenvalue weighted by Gasteiger charge is -2.03. The lowest BCUT2D eigenvalue weighted by molar-refractivity contribution is 0.694. The number of nitrogens with zero attached hydrogens (tertiary/aromatic N) is 1. The lowest BCUT2D eigenvalue weighted by Crippen LogP contribution is -2.18. The van der Waals surface area contributed by atoms with Crippen LogP contribution in [0.3, 0.4) is 0 Å². The van der Waals surface area contributed by atoms with E-state index < -0.39 is 0 Å². The fourth-order valence-corrected chi connectivity index (χ4v) is 1.26. The molecule has 0 atom stereocenters. The van der Waals surface area contributed by atoms with E-state index in [0.717, 1.165) is 30.9 Å². The van der Waals surface area contributed by atoms with Crippen molar-refractivity contribution in [2.24, 2.45) is 0 Å². The molecule has 0 aliphatic heterocycles. The van der Waals surface area contributed by atoms with Crippen molar-refractivity contribution in [1.29, 1.82) is 0 Å². The minimum absolute atomic E-state index is 0.0589. The van der Waals surface area contributed by atoms with Crippen molar-refractivity contribution in [3.05, 3.63) is 27.9 Å². The second kappa shape index (κ2) is 5.54. The van der Waals surface area contributed by atoms with Crippen LogP contribution in [0.1, 0.15) is 31.8 Å². The highest BCUT2D eigenvalue weighted by atomic mass is 16.1. The molecule has 0 amide bonds. The Morgan fingerprint density at radius 3 is 2.93 bits per heavy atom. The maximum atomic E-state index is 11.2. The third-order valence-electron chi connectivity index (χ3n) is 1.89. The van der Waals surface area contributed by atoms with E-state index in [2.05, 4.69) is 22.2 Å². The maximum absolute atomic E-state index is 11.2. The first kappa shape index (κ1) is 10.9. The van der Waals surface area contributed by atoms with E-state index in [1.54, 1.807) is 6.07 Å². The molecule has 1 aromatic rings. The highest BCUT2D eigenvalue weighted by molar-refractivity contribution is 5.02. The molecule has 1 aromatic heterocycles. The van der Waals surface area contributed by atoms with E-state index in [0.29, 0.717) is 6.54 Å².